The van der Waals surface area contributed by atoms with Crippen LogP contribution < -0.4 is 9.47 Å². The molecule has 0 aromatic heterocycles. The van der Waals surface area contributed by atoms with Crippen LogP contribution in [0.5, 0.6) is 11.5 Å². The zero-order valence-electron chi connectivity index (χ0n) is 20.7. The van der Waals surface area contributed by atoms with E-state index >= 15 is 0 Å². The van der Waals surface area contributed by atoms with Gasteiger partial charge in [0.1, 0.15) is 0 Å². The van der Waals surface area contributed by atoms with E-state index < -0.39 is 12.1 Å². The quantitative estimate of drug-likeness (QED) is 0.344. The number of amides is 1. The molecule has 8 heteroatoms. The third-order valence-corrected chi connectivity index (χ3v) is 6.70. The van der Waals surface area contributed by atoms with E-state index in [2.05, 4.69) is 12.1 Å². The minimum absolute atomic E-state index is 0.105. The number of aliphatic imine (C=N–C) groups is 1. The molecule has 0 aliphatic carbocycles. The van der Waals surface area contributed by atoms with Crippen LogP contribution in [0.25, 0.3) is 6.08 Å². The van der Waals surface area contributed by atoms with Gasteiger partial charge in [-0.1, -0.05) is 54.6 Å². The second-order valence-electron chi connectivity index (χ2n) is 8.40. The number of ether oxygens (including phenoxy) is 2. The van der Waals surface area contributed by atoms with Crippen LogP contribution in [0.4, 0.5) is 5.69 Å². The Labute approximate surface area is 220 Å². The summed E-state index contributed by atoms with van der Waals surface area (Å²) in [4.78, 5) is 31.6. The predicted octanol–water partition coefficient (Wildman–Crippen LogP) is 5.78. The Morgan fingerprint density at radius 2 is 1.76 bits per heavy atom. The molecule has 1 N–H and O–H groups in total. The maximum atomic E-state index is 13.4. The van der Waals surface area contributed by atoms with Crippen LogP contribution in [0.2, 0.25) is 0 Å². The number of rotatable bonds is 10. The molecule has 1 aliphatic heterocycles. The number of para-hydroxylation sites is 1. The van der Waals surface area contributed by atoms with Crippen LogP contribution in [-0.4, -0.2) is 46.8 Å². The summed E-state index contributed by atoms with van der Waals surface area (Å²) in [6.07, 6.45) is 2.43. The first-order valence-corrected chi connectivity index (χ1v) is 12.7. The molecule has 0 saturated carbocycles. The van der Waals surface area contributed by atoms with Crippen molar-refractivity contribution in [2.24, 2.45) is 4.99 Å². The number of carbonyl (C=O) groups excluding carboxylic acids is 1. The van der Waals surface area contributed by atoms with E-state index in [1.807, 2.05) is 48.5 Å². The summed E-state index contributed by atoms with van der Waals surface area (Å²) in [5.74, 6) is -0.472. The fourth-order valence-electron chi connectivity index (χ4n) is 3.75. The molecular formula is C29H28N2O5S. The van der Waals surface area contributed by atoms with Crippen molar-refractivity contribution in [3.63, 3.8) is 0 Å². The molecule has 7 nitrogen and oxygen atoms in total. The molecule has 190 valence electrons. The summed E-state index contributed by atoms with van der Waals surface area (Å²) in [6, 6.07) is 24.9. The number of nitrogens with zero attached hydrogens (tertiary/aromatic N) is 2. The molecule has 0 spiro atoms. The van der Waals surface area contributed by atoms with Crippen molar-refractivity contribution in [1.29, 1.82) is 0 Å². The highest BCUT2D eigenvalue weighted by molar-refractivity contribution is 8.18. The highest BCUT2D eigenvalue weighted by Gasteiger charge is 2.33. The number of carbonyl (C=O) groups is 2. The molecule has 37 heavy (non-hydrogen) atoms. The molecule has 1 amide bonds. The summed E-state index contributed by atoms with van der Waals surface area (Å²) in [5.41, 5.74) is 2.74. The smallest absolute Gasteiger partial charge is 0.344 e. The topological polar surface area (TPSA) is 88.4 Å². The Kier molecular flexibility index (Phi) is 8.64. The summed E-state index contributed by atoms with van der Waals surface area (Å²) >= 11 is 1.33. The molecule has 3 aromatic carbocycles. The van der Waals surface area contributed by atoms with Gasteiger partial charge in [-0.05, 0) is 73.0 Å². The number of hydrogen-bond donors (Lipinski definition) is 1. The van der Waals surface area contributed by atoms with Gasteiger partial charge in [-0.3, -0.25) is 9.69 Å². The van der Waals surface area contributed by atoms with Crippen molar-refractivity contribution in [2.75, 3.05) is 13.7 Å². The van der Waals surface area contributed by atoms with Crippen LogP contribution in [-0.2, 0) is 16.0 Å². The summed E-state index contributed by atoms with van der Waals surface area (Å²) in [7, 11) is 1.49. The van der Waals surface area contributed by atoms with E-state index in [4.69, 9.17) is 19.6 Å². The predicted molar refractivity (Wildman–Crippen MR) is 146 cm³/mol. The largest absolute Gasteiger partial charge is 0.493 e. The minimum Gasteiger partial charge on any atom is -0.493 e. The molecule has 4 rings (SSSR count). The van der Waals surface area contributed by atoms with Gasteiger partial charge >= 0.3 is 5.97 Å². The molecule has 1 atom stereocenters. The van der Waals surface area contributed by atoms with Crippen LogP contribution in [0.3, 0.4) is 0 Å². The van der Waals surface area contributed by atoms with Gasteiger partial charge < -0.3 is 14.6 Å². The highest BCUT2D eigenvalue weighted by Crippen LogP contribution is 2.36. The second-order valence-corrected chi connectivity index (χ2v) is 9.40. The Hall–Kier alpha value is -4.04. The van der Waals surface area contributed by atoms with E-state index in [1.54, 1.807) is 29.2 Å². The third kappa shape index (κ3) is 6.80. The van der Waals surface area contributed by atoms with E-state index in [0.29, 0.717) is 28.1 Å². The molecule has 3 aromatic rings. The number of amidine groups is 1. The summed E-state index contributed by atoms with van der Waals surface area (Å²) in [5, 5.41) is 9.77. The second kappa shape index (κ2) is 12.3. The molecular weight excluding hydrogens is 488 g/mol. The monoisotopic (exact) mass is 516 g/mol. The highest BCUT2D eigenvalue weighted by atomic mass is 32.2. The average molecular weight is 517 g/mol. The van der Waals surface area contributed by atoms with Crippen LogP contribution >= 0.6 is 11.8 Å². The number of thioether (sulfide) groups is 1. The van der Waals surface area contributed by atoms with Crippen molar-refractivity contribution >= 4 is 40.6 Å². The van der Waals surface area contributed by atoms with Crippen molar-refractivity contribution in [2.45, 2.75) is 25.9 Å². The van der Waals surface area contributed by atoms with E-state index in [9.17, 15) is 9.59 Å². The first-order valence-electron chi connectivity index (χ1n) is 11.9. The fourth-order valence-corrected chi connectivity index (χ4v) is 4.78. The van der Waals surface area contributed by atoms with Gasteiger partial charge in [0.05, 0.1) is 17.7 Å². The zero-order valence-corrected chi connectivity index (χ0v) is 21.5. The molecule has 1 heterocycles. The van der Waals surface area contributed by atoms with Crippen molar-refractivity contribution in [3.05, 3.63) is 94.9 Å². The van der Waals surface area contributed by atoms with E-state index in [0.717, 1.165) is 24.1 Å². The van der Waals surface area contributed by atoms with Crippen LogP contribution in [0.15, 0.2) is 88.8 Å². The molecule has 0 bridgehead atoms. The lowest BCUT2D eigenvalue weighted by atomic mass is 10.1. The first kappa shape index (κ1) is 26.0. The third-order valence-electron chi connectivity index (χ3n) is 5.70. The maximum Gasteiger partial charge on any atom is 0.344 e. The number of hydrogen-bond acceptors (Lipinski definition) is 6. The van der Waals surface area contributed by atoms with Gasteiger partial charge in [0.25, 0.3) is 5.91 Å². The van der Waals surface area contributed by atoms with Gasteiger partial charge in [-0.25, -0.2) is 9.79 Å². The molecule has 1 aliphatic rings. The summed E-state index contributed by atoms with van der Waals surface area (Å²) < 4.78 is 10.9. The minimum atomic E-state index is -1.07. The fraction of sp³-hybridized carbons (Fsp3) is 0.207. The van der Waals surface area contributed by atoms with Gasteiger partial charge in [0, 0.05) is 6.54 Å². The number of benzene rings is 3. The number of aliphatic carboxylic acids is 1. The first-order chi connectivity index (χ1) is 17.9. The SMILES string of the molecule is COc1cc(/C=C2\SC(=Nc3ccccc3)N(CCCc3ccccc3)C2=O)ccc1O[C@H](C)C(=O)O. The Balaban J connectivity index is 1.57. The molecule has 0 unspecified atom stereocenters. The van der Waals surface area contributed by atoms with Crippen molar-refractivity contribution < 1.29 is 24.2 Å². The molecule has 1 saturated heterocycles. The molecule has 1 fully saturated rings. The standard InChI is InChI=1S/C29H28N2O5S/c1-20(28(33)34)36-24-16-15-22(18-25(24)35-2)19-26-27(32)31(17-9-12-21-10-5-3-6-11-21)29(37-26)30-23-13-7-4-8-14-23/h3-8,10-11,13-16,18-20H,9,12,17H2,1-2H3,(H,33,34)/b26-19-,30-29?/t20-/m1/s1. The van der Waals surface area contributed by atoms with Crippen LogP contribution in [0, 0.1) is 0 Å². The molecule has 0 radical (unpaired) electrons. The van der Waals surface area contributed by atoms with E-state index in [-0.39, 0.29) is 5.91 Å². The van der Waals surface area contributed by atoms with Gasteiger partial charge in [0.15, 0.2) is 22.8 Å². The lowest BCUT2D eigenvalue weighted by molar-refractivity contribution is -0.144. The maximum absolute atomic E-state index is 13.4. The zero-order chi connectivity index (χ0) is 26.2. The van der Waals surface area contributed by atoms with E-state index in [1.165, 1.54) is 31.4 Å². The number of methoxy groups -OCH3 is 1. The van der Waals surface area contributed by atoms with Crippen LogP contribution in [0.1, 0.15) is 24.5 Å². The Bertz CT molecular complexity index is 1310. The van der Waals surface area contributed by atoms with Gasteiger partial charge in [-0.2, -0.15) is 0 Å². The number of aryl methyl sites for hydroxylation is 1. The average Bonchev–Trinajstić information content (AvgIpc) is 3.19. The van der Waals surface area contributed by atoms with Crippen molar-refractivity contribution in [1.82, 2.24) is 4.90 Å². The number of carboxylic acid groups (broad SMARTS) is 1. The lowest BCUT2D eigenvalue weighted by Gasteiger charge is -2.15. The normalized spacial score (nSPS) is 16.3. The Morgan fingerprint density at radius 3 is 2.43 bits per heavy atom. The van der Waals surface area contributed by atoms with Gasteiger partial charge in [-0.15, -0.1) is 0 Å². The van der Waals surface area contributed by atoms with Crippen molar-refractivity contribution in [3.8, 4) is 11.5 Å². The summed E-state index contributed by atoms with van der Waals surface area (Å²) in [6.45, 7) is 2.00. The lowest BCUT2D eigenvalue weighted by Crippen LogP contribution is -2.30. The number of carboxylic acids is 1. The Morgan fingerprint density at radius 1 is 1.05 bits per heavy atom. The van der Waals surface area contributed by atoms with Gasteiger partial charge in [0.2, 0.25) is 0 Å².